The Kier molecular flexibility index (Phi) is 9.15. The normalized spacial score (nSPS) is 10.9. The van der Waals surface area contributed by atoms with Crippen LogP contribution in [0.3, 0.4) is 0 Å². The average Bonchev–Trinajstić information content (AvgIpc) is 2.64. The third-order valence-electron chi connectivity index (χ3n) is 3.86. The van der Waals surface area contributed by atoms with Crippen molar-refractivity contribution < 1.29 is 18.6 Å². The predicted molar refractivity (Wildman–Crippen MR) is 107 cm³/mol. The maximum absolute atomic E-state index is 13.9. The molecule has 0 aliphatic rings. The number of rotatable bonds is 11. The first-order valence-corrected chi connectivity index (χ1v) is 9.53. The number of methoxy groups -OCH3 is 1. The Labute approximate surface area is 169 Å². The Balaban J connectivity index is 2.10. The first-order chi connectivity index (χ1) is 13.1. The fraction of sp³-hybridized carbons (Fsp3) is 0.400. The van der Waals surface area contributed by atoms with Gasteiger partial charge in [-0.3, -0.25) is 0 Å². The van der Waals surface area contributed by atoms with Crippen molar-refractivity contribution in [2.24, 2.45) is 0 Å². The first-order valence-electron chi connectivity index (χ1n) is 8.77. The SMILES string of the molecule is CCOc1cc(CNCCCOC)c(Cl)cc1OCc1c(F)cccc1Cl. The van der Waals surface area contributed by atoms with Crippen molar-refractivity contribution in [2.45, 2.75) is 26.5 Å². The lowest BCUT2D eigenvalue weighted by atomic mass is 10.2. The van der Waals surface area contributed by atoms with Crippen molar-refractivity contribution in [3.8, 4) is 11.5 Å². The largest absolute Gasteiger partial charge is 0.490 e. The fourth-order valence-corrected chi connectivity index (χ4v) is 2.92. The van der Waals surface area contributed by atoms with E-state index >= 15 is 0 Å². The van der Waals surface area contributed by atoms with Gasteiger partial charge in [0.2, 0.25) is 0 Å². The zero-order chi connectivity index (χ0) is 19.6. The van der Waals surface area contributed by atoms with Crippen LogP contribution in [0.25, 0.3) is 0 Å². The van der Waals surface area contributed by atoms with Crippen LogP contribution in [0.5, 0.6) is 11.5 Å². The fourth-order valence-electron chi connectivity index (χ4n) is 2.48. The van der Waals surface area contributed by atoms with Gasteiger partial charge in [0.05, 0.1) is 11.6 Å². The van der Waals surface area contributed by atoms with E-state index in [1.54, 1.807) is 25.3 Å². The quantitative estimate of drug-likeness (QED) is 0.509. The van der Waals surface area contributed by atoms with Gasteiger partial charge in [-0.05, 0) is 43.7 Å². The van der Waals surface area contributed by atoms with Crippen LogP contribution in [0.2, 0.25) is 10.0 Å². The van der Waals surface area contributed by atoms with Gasteiger partial charge in [0.25, 0.3) is 0 Å². The van der Waals surface area contributed by atoms with Crippen LogP contribution in [-0.4, -0.2) is 26.9 Å². The van der Waals surface area contributed by atoms with E-state index < -0.39 is 5.82 Å². The number of halogens is 3. The molecule has 0 saturated heterocycles. The standard InChI is InChI=1S/C20H24Cl2FNO3/c1-3-26-19-10-14(12-24-8-5-9-25-2)17(22)11-20(19)27-13-15-16(21)6-4-7-18(15)23/h4,6-7,10-11,24H,3,5,8-9,12-13H2,1-2H3. The lowest BCUT2D eigenvalue weighted by Crippen LogP contribution is -2.16. The first kappa shape index (κ1) is 21.8. The molecule has 2 aromatic rings. The van der Waals surface area contributed by atoms with Crippen LogP contribution < -0.4 is 14.8 Å². The van der Waals surface area contributed by atoms with Gasteiger partial charge in [-0.15, -0.1) is 0 Å². The van der Waals surface area contributed by atoms with Gasteiger partial charge in [0.15, 0.2) is 11.5 Å². The summed E-state index contributed by atoms with van der Waals surface area (Å²) >= 11 is 12.4. The molecule has 0 atom stereocenters. The van der Waals surface area contributed by atoms with Crippen molar-refractivity contribution >= 4 is 23.2 Å². The summed E-state index contributed by atoms with van der Waals surface area (Å²) in [6.07, 6.45) is 0.914. The van der Waals surface area contributed by atoms with Crippen LogP contribution in [0, 0.1) is 5.82 Å². The summed E-state index contributed by atoms with van der Waals surface area (Å²) in [4.78, 5) is 0. The molecule has 0 unspecified atom stereocenters. The van der Waals surface area contributed by atoms with E-state index in [1.807, 2.05) is 13.0 Å². The summed E-state index contributed by atoms with van der Waals surface area (Å²) in [6.45, 7) is 4.46. The second-order valence-corrected chi connectivity index (χ2v) is 6.65. The van der Waals surface area contributed by atoms with Crippen molar-refractivity contribution in [3.05, 3.63) is 57.3 Å². The van der Waals surface area contributed by atoms with Crippen LogP contribution in [0.15, 0.2) is 30.3 Å². The third-order valence-corrected chi connectivity index (χ3v) is 4.57. The molecule has 0 saturated carbocycles. The van der Waals surface area contributed by atoms with Crippen molar-refractivity contribution in [3.63, 3.8) is 0 Å². The summed E-state index contributed by atoms with van der Waals surface area (Å²) in [5.74, 6) is 0.593. The Morgan fingerprint density at radius 2 is 1.85 bits per heavy atom. The van der Waals surface area contributed by atoms with E-state index in [1.165, 1.54) is 6.07 Å². The van der Waals surface area contributed by atoms with Crippen LogP contribution in [0.4, 0.5) is 4.39 Å². The summed E-state index contributed by atoms with van der Waals surface area (Å²) in [5, 5.41) is 4.18. The van der Waals surface area contributed by atoms with Crippen molar-refractivity contribution in [1.29, 1.82) is 0 Å². The highest BCUT2D eigenvalue weighted by Crippen LogP contribution is 2.35. The maximum Gasteiger partial charge on any atom is 0.163 e. The zero-order valence-electron chi connectivity index (χ0n) is 15.5. The molecular weight excluding hydrogens is 392 g/mol. The Morgan fingerprint density at radius 1 is 1.07 bits per heavy atom. The van der Waals surface area contributed by atoms with Gasteiger partial charge >= 0.3 is 0 Å². The minimum atomic E-state index is -0.413. The number of nitrogens with one attached hydrogen (secondary N) is 1. The molecular formula is C20H24Cl2FNO3. The molecule has 7 heteroatoms. The molecule has 27 heavy (non-hydrogen) atoms. The van der Waals surface area contributed by atoms with Gasteiger partial charge in [0, 0.05) is 36.9 Å². The molecule has 0 radical (unpaired) electrons. The van der Waals surface area contributed by atoms with Crippen molar-refractivity contribution in [1.82, 2.24) is 5.32 Å². The van der Waals surface area contributed by atoms with Gasteiger partial charge in [-0.1, -0.05) is 29.3 Å². The van der Waals surface area contributed by atoms with E-state index in [2.05, 4.69) is 5.32 Å². The highest BCUT2D eigenvalue weighted by Gasteiger charge is 2.14. The lowest BCUT2D eigenvalue weighted by molar-refractivity contribution is 0.194. The smallest absolute Gasteiger partial charge is 0.163 e. The molecule has 148 valence electrons. The second kappa shape index (κ2) is 11.3. The molecule has 0 aromatic heterocycles. The highest BCUT2D eigenvalue weighted by atomic mass is 35.5. The minimum absolute atomic E-state index is 0.0173. The second-order valence-electron chi connectivity index (χ2n) is 5.84. The Hall–Kier alpha value is -1.53. The number of hydrogen-bond donors (Lipinski definition) is 1. The zero-order valence-corrected chi connectivity index (χ0v) is 17.0. The highest BCUT2D eigenvalue weighted by molar-refractivity contribution is 6.31. The van der Waals surface area contributed by atoms with E-state index in [4.69, 9.17) is 37.4 Å². The predicted octanol–water partition coefficient (Wildman–Crippen LogP) is 5.24. The molecule has 2 rings (SSSR count). The monoisotopic (exact) mass is 415 g/mol. The summed E-state index contributed by atoms with van der Waals surface area (Å²) < 4.78 is 30.4. The molecule has 0 heterocycles. The molecule has 1 N–H and O–H groups in total. The van der Waals surface area contributed by atoms with Gasteiger partial charge in [-0.2, -0.15) is 0 Å². The molecule has 2 aromatic carbocycles. The summed E-state index contributed by atoms with van der Waals surface area (Å²) in [7, 11) is 1.68. The van der Waals surface area contributed by atoms with Gasteiger partial charge in [0.1, 0.15) is 12.4 Å². The van der Waals surface area contributed by atoms with E-state index in [-0.39, 0.29) is 6.61 Å². The molecule has 0 bridgehead atoms. The van der Waals surface area contributed by atoms with E-state index in [0.29, 0.717) is 46.9 Å². The maximum atomic E-state index is 13.9. The number of benzene rings is 2. The van der Waals surface area contributed by atoms with E-state index in [0.717, 1.165) is 18.5 Å². The van der Waals surface area contributed by atoms with E-state index in [9.17, 15) is 4.39 Å². The average molecular weight is 416 g/mol. The van der Waals surface area contributed by atoms with Gasteiger partial charge in [-0.25, -0.2) is 4.39 Å². The van der Waals surface area contributed by atoms with Crippen LogP contribution in [0.1, 0.15) is 24.5 Å². The minimum Gasteiger partial charge on any atom is -0.490 e. The topological polar surface area (TPSA) is 39.7 Å². The summed E-state index contributed by atoms with van der Waals surface area (Å²) in [6, 6.07) is 8.05. The molecule has 0 fully saturated rings. The third kappa shape index (κ3) is 6.54. The molecule has 0 amide bonds. The van der Waals surface area contributed by atoms with Gasteiger partial charge < -0.3 is 19.5 Å². The molecule has 0 aliphatic carbocycles. The molecule has 4 nitrogen and oxygen atoms in total. The lowest BCUT2D eigenvalue weighted by Gasteiger charge is -2.16. The van der Waals surface area contributed by atoms with Crippen molar-refractivity contribution in [2.75, 3.05) is 26.9 Å². The Bertz CT molecular complexity index is 723. The number of ether oxygens (including phenoxy) is 3. The molecule has 0 aliphatic heterocycles. The summed E-state index contributed by atoms with van der Waals surface area (Å²) in [5.41, 5.74) is 1.19. The Morgan fingerprint density at radius 3 is 2.56 bits per heavy atom. The van der Waals surface area contributed by atoms with Crippen LogP contribution in [-0.2, 0) is 17.9 Å². The molecule has 0 spiro atoms. The van der Waals surface area contributed by atoms with Crippen LogP contribution >= 0.6 is 23.2 Å². The number of hydrogen-bond acceptors (Lipinski definition) is 4.